The monoisotopic (exact) mass is 220 g/mol. The van der Waals surface area contributed by atoms with Crippen LogP contribution in [-0.2, 0) is 13.6 Å². The van der Waals surface area contributed by atoms with Gasteiger partial charge in [0, 0.05) is 13.6 Å². The molecule has 0 aliphatic carbocycles. The molecule has 0 aliphatic heterocycles. The molecule has 0 fully saturated rings. The molecule has 0 radical (unpaired) electrons. The molecule has 2 aromatic heterocycles. The van der Waals surface area contributed by atoms with Crippen LogP contribution in [0, 0.1) is 12.7 Å². The minimum atomic E-state index is -0.329. The van der Waals surface area contributed by atoms with Crippen molar-refractivity contribution in [2.45, 2.75) is 13.5 Å². The first kappa shape index (κ1) is 10.8. The molecule has 2 N–H and O–H groups in total. The van der Waals surface area contributed by atoms with Crippen LogP contribution in [0.2, 0.25) is 0 Å². The fraction of sp³-hybridized carbons (Fsp3) is 0.273. The van der Waals surface area contributed by atoms with Gasteiger partial charge in [0.25, 0.3) is 0 Å². The van der Waals surface area contributed by atoms with Gasteiger partial charge in [-0.25, -0.2) is 9.37 Å². The van der Waals surface area contributed by atoms with Crippen molar-refractivity contribution in [1.29, 1.82) is 0 Å². The number of aryl methyl sites for hydroxylation is 1. The number of halogens is 1. The first-order valence-electron chi connectivity index (χ1n) is 4.99. The highest BCUT2D eigenvalue weighted by Crippen LogP contribution is 2.21. The van der Waals surface area contributed by atoms with Crippen LogP contribution >= 0.6 is 0 Å². The summed E-state index contributed by atoms with van der Waals surface area (Å²) < 4.78 is 15.3. The van der Waals surface area contributed by atoms with Gasteiger partial charge in [0.05, 0.1) is 17.1 Å². The number of rotatable bonds is 2. The SMILES string of the molecule is Cc1c(F)c(-c2cccc(CN)n2)nn1C. The summed E-state index contributed by atoms with van der Waals surface area (Å²) in [7, 11) is 1.70. The molecule has 5 heteroatoms. The van der Waals surface area contributed by atoms with E-state index in [1.165, 1.54) is 4.68 Å². The van der Waals surface area contributed by atoms with E-state index in [9.17, 15) is 4.39 Å². The topological polar surface area (TPSA) is 56.7 Å². The molecule has 0 spiro atoms. The minimum Gasteiger partial charge on any atom is -0.325 e. The third kappa shape index (κ3) is 1.69. The number of pyridine rings is 1. The summed E-state index contributed by atoms with van der Waals surface area (Å²) in [5.41, 5.74) is 7.50. The Morgan fingerprint density at radius 2 is 2.19 bits per heavy atom. The first-order valence-corrected chi connectivity index (χ1v) is 4.99. The summed E-state index contributed by atoms with van der Waals surface area (Å²) in [6.45, 7) is 2.01. The Balaban J connectivity index is 2.54. The number of nitrogens with zero attached hydrogens (tertiary/aromatic N) is 3. The maximum absolute atomic E-state index is 13.8. The van der Waals surface area contributed by atoms with E-state index in [1.807, 2.05) is 0 Å². The predicted octanol–water partition coefficient (Wildman–Crippen LogP) is 1.39. The lowest BCUT2D eigenvalue weighted by Gasteiger charge is -1.99. The lowest BCUT2D eigenvalue weighted by molar-refractivity contribution is 0.612. The van der Waals surface area contributed by atoms with Crippen molar-refractivity contribution < 1.29 is 4.39 Å². The number of hydrogen-bond acceptors (Lipinski definition) is 3. The molecule has 0 atom stereocenters. The Kier molecular flexibility index (Phi) is 2.70. The third-order valence-corrected chi connectivity index (χ3v) is 2.52. The van der Waals surface area contributed by atoms with E-state index in [1.54, 1.807) is 32.2 Å². The number of aromatic nitrogens is 3. The zero-order chi connectivity index (χ0) is 11.7. The van der Waals surface area contributed by atoms with E-state index in [0.717, 1.165) is 5.69 Å². The molecule has 2 heterocycles. The zero-order valence-electron chi connectivity index (χ0n) is 9.24. The summed E-state index contributed by atoms with van der Waals surface area (Å²) in [6.07, 6.45) is 0. The van der Waals surface area contributed by atoms with Crippen LogP contribution in [0.15, 0.2) is 18.2 Å². The molecule has 84 valence electrons. The molecule has 2 rings (SSSR count). The van der Waals surface area contributed by atoms with Gasteiger partial charge in [-0.15, -0.1) is 0 Å². The highest BCUT2D eigenvalue weighted by molar-refractivity contribution is 5.55. The molecule has 0 bridgehead atoms. The second kappa shape index (κ2) is 4.02. The van der Waals surface area contributed by atoms with Crippen LogP contribution < -0.4 is 5.73 Å². The third-order valence-electron chi connectivity index (χ3n) is 2.52. The summed E-state index contributed by atoms with van der Waals surface area (Å²) >= 11 is 0. The predicted molar refractivity (Wildman–Crippen MR) is 59.0 cm³/mol. The van der Waals surface area contributed by atoms with Crippen LogP contribution in [0.1, 0.15) is 11.4 Å². The van der Waals surface area contributed by atoms with Crippen molar-refractivity contribution in [2.24, 2.45) is 12.8 Å². The fourth-order valence-corrected chi connectivity index (χ4v) is 1.47. The average Bonchev–Trinajstić information content (AvgIpc) is 2.57. The fourth-order valence-electron chi connectivity index (χ4n) is 1.47. The Hall–Kier alpha value is -1.75. The highest BCUT2D eigenvalue weighted by Gasteiger charge is 2.15. The smallest absolute Gasteiger partial charge is 0.173 e. The van der Waals surface area contributed by atoms with Crippen LogP contribution in [0.5, 0.6) is 0 Å². The van der Waals surface area contributed by atoms with Gasteiger partial charge in [0.15, 0.2) is 5.82 Å². The molecule has 0 aromatic carbocycles. The van der Waals surface area contributed by atoms with Gasteiger partial charge >= 0.3 is 0 Å². The summed E-state index contributed by atoms with van der Waals surface area (Å²) in [6, 6.07) is 5.33. The second-order valence-corrected chi connectivity index (χ2v) is 3.59. The van der Waals surface area contributed by atoms with Gasteiger partial charge in [-0.2, -0.15) is 5.10 Å². The molecule has 0 aliphatic rings. The molecular weight excluding hydrogens is 207 g/mol. The molecule has 0 unspecified atom stereocenters. The Morgan fingerprint density at radius 3 is 2.75 bits per heavy atom. The van der Waals surface area contributed by atoms with E-state index in [-0.39, 0.29) is 11.5 Å². The van der Waals surface area contributed by atoms with Gasteiger partial charge in [-0.05, 0) is 19.1 Å². The largest absolute Gasteiger partial charge is 0.325 e. The summed E-state index contributed by atoms with van der Waals surface area (Å²) in [5.74, 6) is -0.329. The van der Waals surface area contributed by atoms with E-state index in [0.29, 0.717) is 17.9 Å². The quantitative estimate of drug-likeness (QED) is 0.832. The Morgan fingerprint density at radius 1 is 1.44 bits per heavy atom. The Bertz CT molecular complexity index is 519. The highest BCUT2D eigenvalue weighted by atomic mass is 19.1. The van der Waals surface area contributed by atoms with Gasteiger partial charge < -0.3 is 5.73 Å². The standard InChI is InChI=1S/C11H13FN4/c1-7-10(12)11(15-16(7)2)9-5-3-4-8(6-13)14-9/h3-5H,6,13H2,1-2H3. The van der Waals surface area contributed by atoms with Crippen molar-refractivity contribution in [3.8, 4) is 11.4 Å². The van der Waals surface area contributed by atoms with Crippen LogP contribution in [0.3, 0.4) is 0 Å². The van der Waals surface area contributed by atoms with Crippen LogP contribution in [0.25, 0.3) is 11.4 Å². The van der Waals surface area contributed by atoms with E-state index >= 15 is 0 Å². The van der Waals surface area contributed by atoms with E-state index < -0.39 is 0 Å². The van der Waals surface area contributed by atoms with Crippen LogP contribution in [-0.4, -0.2) is 14.8 Å². The van der Waals surface area contributed by atoms with Crippen molar-refractivity contribution in [2.75, 3.05) is 0 Å². The molecule has 16 heavy (non-hydrogen) atoms. The van der Waals surface area contributed by atoms with E-state index in [2.05, 4.69) is 10.1 Å². The average molecular weight is 220 g/mol. The number of nitrogens with two attached hydrogens (primary N) is 1. The molecule has 0 saturated carbocycles. The minimum absolute atomic E-state index is 0.273. The summed E-state index contributed by atoms with van der Waals surface area (Å²) in [4.78, 5) is 4.24. The molecule has 0 amide bonds. The molecular formula is C11H13FN4. The summed E-state index contributed by atoms with van der Waals surface area (Å²) in [5, 5.41) is 4.09. The van der Waals surface area contributed by atoms with Crippen molar-refractivity contribution in [3.63, 3.8) is 0 Å². The Labute approximate surface area is 92.9 Å². The van der Waals surface area contributed by atoms with Crippen molar-refractivity contribution >= 4 is 0 Å². The van der Waals surface area contributed by atoms with Gasteiger partial charge in [-0.1, -0.05) is 6.07 Å². The van der Waals surface area contributed by atoms with Crippen molar-refractivity contribution in [1.82, 2.24) is 14.8 Å². The molecule has 0 saturated heterocycles. The molecule has 4 nitrogen and oxygen atoms in total. The normalized spacial score (nSPS) is 10.8. The van der Waals surface area contributed by atoms with Crippen molar-refractivity contribution in [3.05, 3.63) is 35.4 Å². The van der Waals surface area contributed by atoms with Gasteiger partial charge in [0.1, 0.15) is 5.69 Å². The second-order valence-electron chi connectivity index (χ2n) is 3.59. The maximum Gasteiger partial charge on any atom is 0.173 e. The zero-order valence-corrected chi connectivity index (χ0v) is 9.24. The molecule has 2 aromatic rings. The lowest BCUT2D eigenvalue weighted by atomic mass is 10.2. The maximum atomic E-state index is 13.8. The first-order chi connectivity index (χ1) is 7.63. The lowest BCUT2D eigenvalue weighted by Crippen LogP contribution is -2.00. The van der Waals surface area contributed by atoms with E-state index in [4.69, 9.17) is 5.73 Å². The van der Waals surface area contributed by atoms with Gasteiger partial charge in [-0.3, -0.25) is 4.68 Å². The van der Waals surface area contributed by atoms with Gasteiger partial charge in [0.2, 0.25) is 0 Å². The van der Waals surface area contributed by atoms with Crippen LogP contribution in [0.4, 0.5) is 4.39 Å². The number of hydrogen-bond donors (Lipinski definition) is 1.